The average Bonchev–Trinajstić information content (AvgIpc) is 3.16. The monoisotopic (exact) mass is 786 g/mol. The minimum atomic E-state index is -0.436. The van der Waals surface area contributed by atoms with Gasteiger partial charge in [-0.15, -0.1) is 0 Å². The summed E-state index contributed by atoms with van der Waals surface area (Å²) in [4.78, 5) is 4.01. The highest BCUT2D eigenvalue weighted by atomic mass is 16.5. The second-order valence-corrected chi connectivity index (χ2v) is 17.4. The van der Waals surface area contributed by atoms with Crippen LogP contribution in [-0.4, -0.2) is 140 Å². The molecular weight excluding hydrogens is 706 g/mol. The number of hydrogen-bond acceptors (Lipinski definition) is 16. The number of aliphatic hydroxyl groups excluding tert-OH is 1. The van der Waals surface area contributed by atoms with Crippen molar-refractivity contribution in [2.45, 2.75) is 135 Å². The molecule has 0 aromatic carbocycles. The van der Waals surface area contributed by atoms with Crippen molar-refractivity contribution in [3.63, 3.8) is 0 Å². The van der Waals surface area contributed by atoms with Crippen molar-refractivity contribution in [1.29, 1.82) is 0 Å². The number of ether oxygens (including phenoxy) is 6. The average molecular weight is 786 g/mol. The van der Waals surface area contributed by atoms with Crippen LogP contribution in [0.1, 0.15) is 85.5 Å². The lowest BCUT2D eigenvalue weighted by atomic mass is 9.71. The highest BCUT2D eigenvalue weighted by Crippen LogP contribution is 2.40. The van der Waals surface area contributed by atoms with E-state index in [-0.39, 0.29) is 49.4 Å². The number of rotatable bonds is 20. The van der Waals surface area contributed by atoms with Gasteiger partial charge in [0, 0.05) is 34.4 Å². The van der Waals surface area contributed by atoms with Crippen LogP contribution in [0, 0.1) is 41.4 Å². The molecule has 0 radical (unpaired) electrons. The summed E-state index contributed by atoms with van der Waals surface area (Å²) in [5.74, 6) is 4.32. The van der Waals surface area contributed by atoms with E-state index in [1.54, 1.807) is 28.4 Å². The topological polar surface area (TPSA) is 166 Å². The maximum Gasteiger partial charge on any atom is 0.122 e. The molecule has 3 aliphatic carbocycles. The molecule has 14 unspecified atom stereocenters. The summed E-state index contributed by atoms with van der Waals surface area (Å²) in [7, 11) is 6.63. The molecule has 0 bridgehead atoms. The van der Waals surface area contributed by atoms with Gasteiger partial charge in [-0.2, -0.15) is 0 Å². The first-order valence-electron chi connectivity index (χ1n) is 21.2. The van der Waals surface area contributed by atoms with E-state index in [1.165, 1.54) is 38.5 Å². The molecule has 2 aliphatic heterocycles. The normalized spacial score (nSPS) is 40.5. The summed E-state index contributed by atoms with van der Waals surface area (Å²) in [5.41, 5.74) is 0. The van der Waals surface area contributed by atoms with Crippen molar-refractivity contribution in [3.05, 3.63) is 0 Å². The van der Waals surface area contributed by atoms with E-state index in [4.69, 9.17) is 28.4 Å². The lowest BCUT2D eigenvalue weighted by molar-refractivity contribution is -0.129. The van der Waals surface area contributed by atoms with Crippen molar-refractivity contribution in [2.24, 2.45) is 41.4 Å². The van der Waals surface area contributed by atoms with E-state index in [9.17, 15) is 5.11 Å². The van der Waals surface area contributed by atoms with E-state index >= 15 is 0 Å². The van der Waals surface area contributed by atoms with E-state index < -0.39 is 6.10 Å². The van der Waals surface area contributed by atoms with Crippen molar-refractivity contribution in [3.8, 4) is 0 Å². The van der Waals surface area contributed by atoms with Crippen molar-refractivity contribution < 1.29 is 33.5 Å². The van der Waals surface area contributed by atoms with Crippen LogP contribution < -0.4 is 37.2 Å². The third-order valence-electron chi connectivity index (χ3n) is 13.0. The van der Waals surface area contributed by atoms with Crippen molar-refractivity contribution >= 4 is 0 Å². The van der Waals surface area contributed by atoms with E-state index in [1.807, 2.05) is 9.80 Å². The summed E-state index contributed by atoms with van der Waals surface area (Å²) in [5, 5.41) is 37.6. The predicted molar refractivity (Wildman–Crippen MR) is 211 cm³/mol. The minimum Gasteiger partial charge on any atom is -0.393 e. The van der Waals surface area contributed by atoms with Crippen LogP contribution in [0.3, 0.4) is 0 Å². The Kier molecular flexibility index (Phi) is 19.2. The summed E-state index contributed by atoms with van der Waals surface area (Å²) in [6.07, 6.45) is 9.52. The molecule has 16 heteroatoms. The number of nitrogens with one attached hydrogen (secondary N) is 7. The first kappa shape index (κ1) is 45.4. The van der Waals surface area contributed by atoms with Gasteiger partial charge in [0.05, 0.1) is 50.6 Å². The molecule has 14 atom stereocenters. The van der Waals surface area contributed by atoms with Gasteiger partial charge in [-0.1, -0.05) is 40.5 Å². The van der Waals surface area contributed by atoms with Crippen LogP contribution in [-0.2, 0) is 28.4 Å². The zero-order valence-corrected chi connectivity index (χ0v) is 35.3. The molecule has 0 aromatic rings. The quantitative estimate of drug-likeness (QED) is 0.0663. The first-order valence-corrected chi connectivity index (χ1v) is 21.2. The van der Waals surface area contributed by atoms with Gasteiger partial charge >= 0.3 is 0 Å². The fourth-order valence-corrected chi connectivity index (χ4v) is 10.1. The molecule has 322 valence electrons. The Morgan fingerprint density at radius 3 is 1.56 bits per heavy atom. The second-order valence-electron chi connectivity index (χ2n) is 17.4. The van der Waals surface area contributed by atoms with Gasteiger partial charge in [0.25, 0.3) is 0 Å². The smallest absolute Gasteiger partial charge is 0.122 e. The number of methoxy groups -OCH3 is 4. The van der Waals surface area contributed by atoms with Crippen LogP contribution in [0.2, 0.25) is 0 Å². The molecule has 5 aliphatic rings. The summed E-state index contributed by atoms with van der Waals surface area (Å²) >= 11 is 0. The Morgan fingerprint density at radius 1 is 0.564 bits per heavy atom. The number of nitrogens with zero attached hydrogens (tertiary/aromatic N) is 2. The standard InChI is InChI=1S/C39H79N9O7/c1-25-9-12-30(27(3)17-25)34-41-35(31-13-10-26(2)18-28(31)4)43-36(42-34)32-14-11-29(19-33(32)49)55-16-15-54-24-48(23-53-8)39-45-37(40-20-50-5)44-38(46-39)47(21-51-6)22-52-7/h25-46,49H,9-24H2,1-8H3. The molecule has 16 nitrogen and oxygen atoms in total. The maximum absolute atomic E-state index is 11.7. The highest BCUT2D eigenvalue weighted by Gasteiger charge is 2.45. The van der Waals surface area contributed by atoms with Gasteiger partial charge in [0.15, 0.2) is 0 Å². The van der Waals surface area contributed by atoms with Crippen LogP contribution in [0.15, 0.2) is 0 Å². The molecular formula is C39H79N9O7. The summed E-state index contributed by atoms with van der Waals surface area (Å²) < 4.78 is 34.1. The lowest BCUT2D eigenvalue weighted by Crippen LogP contribution is -2.78. The summed E-state index contributed by atoms with van der Waals surface area (Å²) in [6, 6.07) is 0. The van der Waals surface area contributed by atoms with Crippen molar-refractivity contribution in [2.75, 3.05) is 75.3 Å². The van der Waals surface area contributed by atoms with E-state index in [2.05, 4.69) is 64.9 Å². The molecule has 5 rings (SSSR count). The Bertz CT molecular complexity index is 1040. The van der Waals surface area contributed by atoms with Crippen LogP contribution in [0.5, 0.6) is 0 Å². The number of aliphatic hydroxyl groups is 1. The fraction of sp³-hybridized carbons (Fsp3) is 1.00. The first-order chi connectivity index (χ1) is 26.6. The molecule has 55 heavy (non-hydrogen) atoms. The molecule has 0 spiro atoms. The largest absolute Gasteiger partial charge is 0.393 e. The minimum absolute atomic E-state index is 0.00614. The molecule has 8 N–H and O–H groups in total. The van der Waals surface area contributed by atoms with Crippen LogP contribution in [0.25, 0.3) is 0 Å². The number of hydrogen-bond donors (Lipinski definition) is 8. The Hall–Kier alpha value is -0.640. The SMILES string of the molecule is COCNC1NC(N(COC)COC)NC(N(COC)COCCOC2CCC(C3NC(C4CCC(C)CC4C)NC(C4CCC(C)CC4C)N3)C(O)C2)N1. The lowest BCUT2D eigenvalue weighted by Gasteiger charge is -2.52. The molecule has 0 aromatic heterocycles. The van der Waals surface area contributed by atoms with Crippen LogP contribution >= 0.6 is 0 Å². The zero-order valence-electron chi connectivity index (χ0n) is 35.3. The van der Waals surface area contributed by atoms with Gasteiger partial charge in [0.1, 0.15) is 45.8 Å². The molecule has 5 fully saturated rings. The van der Waals surface area contributed by atoms with Crippen molar-refractivity contribution in [1.82, 2.24) is 47.0 Å². The Balaban J connectivity index is 1.11. The Labute approximate surface area is 331 Å². The molecule has 2 saturated heterocycles. The van der Waals surface area contributed by atoms with Gasteiger partial charge in [-0.05, 0) is 80.5 Å². The van der Waals surface area contributed by atoms with Gasteiger partial charge in [-0.25, -0.2) is 9.80 Å². The highest BCUT2D eigenvalue weighted by molar-refractivity contribution is 4.98. The maximum atomic E-state index is 11.7. The predicted octanol–water partition coefficient (Wildman–Crippen LogP) is 1.65. The van der Waals surface area contributed by atoms with Gasteiger partial charge in [0.2, 0.25) is 0 Å². The molecule has 0 amide bonds. The molecule has 2 heterocycles. The van der Waals surface area contributed by atoms with Gasteiger partial charge in [-0.3, -0.25) is 37.2 Å². The third-order valence-corrected chi connectivity index (χ3v) is 13.0. The summed E-state index contributed by atoms with van der Waals surface area (Å²) in [6.45, 7) is 12.3. The second kappa shape index (κ2) is 23.2. The van der Waals surface area contributed by atoms with E-state index in [0.29, 0.717) is 77.0 Å². The third kappa shape index (κ3) is 13.2. The molecule has 3 saturated carbocycles. The van der Waals surface area contributed by atoms with E-state index in [0.717, 1.165) is 24.7 Å². The zero-order chi connectivity index (χ0) is 39.3. The van der Waals surface area contributed by atoms with Gasteiger partial charge < -0.3 is 33.5 Å². The van der Waals surface area contributed by atoms with Crippen LogP contribution in [0.4, 0.5) is 0 Å². The Morgan fingerprint density at radius 2 is 1.07 bits per heavy atom. The fourth-order valence-electron chi connectivity index (χ4n) is 10.1.